The van der Waals surface area contributed by atoms with Gasteiger partial charge in [-0.2, -0.15) is 5.10 Å². The second-order valence-electron chi connectivity index (χ2n) is 5.78. The number of hydrogen-bond donors (Lipinski definition) is 0. The van der Waals surface area contributed by atoms with Gasteiger partial charge < -0.3 is 0 Å². The van der Waals surface area contributed by atoms with Gasteiger partial charge in [0, 0.05) is 17.5 Å². The van der Waals surface area contributed by atoms with Gasteiger partial charge in [0.15, 0.2) is 5.82 Å². The summed E-state index contributed by atoms with van der Waals surface area (Å²) in [5, 5.41) is 5.38. The SMILES string of the molecule is Cc1cc2n(n1)[C@H](c1ccccc1)CC(c1ccc(Cl)cc1)=N2. The van der Waals surface area contributed by atoms with E-state index in [1.165, 1.54) is 5.56 Å². The van der Waals surface area contributed by atoms with Crippen LogP contribution in [0.4, 0.5) is 5.82 Å². The zero-order valence-corrected chi connectivity index (χ0v) is 13.5. The Morgan fingerprint density at radius 2 is 1.78 bits per heavy atom. The maximum absolute atomic E-state index is 6.01. The molecule has 0 N–H and O–H groups in total. The van der Waals surface area contributed by atoms with Crippen molar-refractivity contribution >= 4 is 23.1 Å². The molecule has 0 aliphatic carbocycles. The molecule has 4 rings (SSSR count). The molecule has 4 heteroatoms. The van der Waals surface area contributed by atoms with Crippen molar-refractivity contribution in [1.82, 2.24) is 9.78 Å². The maximum atomic E-state index is 6.01. The standard InChI is InChI=1S/C19H16ClN3/c1-13-11-19-21-17(14-7-9-16(20)10-8-14)12-18(23(19)22-13)15-5-3-2-4-6-15/h2-11,18H,12H2,1H3/t18-/m0/s1. The highest BCUT2D eigenvalue weighted by atomic mass is 35.5. The molecule has 0 unspecified atom stereocenters. The first-order chi connectivity index (χ1) is 11.2. The van der Waals surface area contributed by atoms with Crippen LogP contribution >= 0.6 is 11.6 Å². The molecule has 0 spiro atoms. The lowest BCUT2D eigenvalue weighted by molar-refractivity contribution is 0.529. The second kappa shape index (κ2) is 5.67. The molecule has 2 aromatic carbocycles. The lowest BCUT2D eigenvalue weighted by Gasteiger charge is -2.24. The summed E-state index contributed by atoms with van der Waals surface area (Å²) in [6, 6.07) is 20.6. The molecule has 0 saturated heterocycles. The average molecular weight is 322 g/mol. The van der Waals surface area contributed by atoms with Gasteiger partial charge in [0.05, 0.1) is 17.4 Å². The van der Waals surface area contributed by atoms with Gasteiger partial charge >= 0.3 is 0 Å². The molecule has 0 radical (unpaired) electrons. The average Bonchev–Trinajstić information content (AvgIpc) is 2.95. The summed E-state index contributed by atoms with van der Waals surface area (Å²) < 4.78 is 2.03. The van der Waals surface area contributed by atoms with E-state index >= 15 is 0 Å². The van der Waals surface area contributed by atoms with Crippen molar-refractivity contribution in [3.8, 4) is 0 Å². The molecular formula is C19H16ClN3. The third kappa shape index (κ3) is 2.68. The number of halogens is 1. The van der Waals surface area contributed by atoms with E-state index in [0.717, 1.165) is 34.2 Å². The van der Waals surface area contributed by atoms with Crippen LogP contribution in [0.25, 0.3) is 0 Å². The second-order valence-corrected chi connectivity index (χ2v) is 6.22. The number of hydrogen-bond acceptors (Lipinski definition) is 2. The highest BCUT2D eigenvalue weighted by molar-refractivity contribution is 6.30. The van der Waals surface area contributed by atoms with Crippen LogP contribution in [0.1, 0.15) is 29.3 Å². The lowest BCUT2D eigenvalue weighted by atomic mass is 9.96. The van der Waals surface area contributed by atoms with E-state index in [4.69, 9.17) is 16.6 Å². The van der Waals surface area contributed by atoms with E-state index in [1.54, 1.807) is 0 Å². The fourth-order valence-corrected chi connectivity index (χ4v) is 3.15. The topological polar surface area (TPSA) is 30.2 Å². The fraction of sp³-hybridized carbons (Fsp3) is 0.158. The monoisotopic (exact) mass is 321 g/mol. The molecule has 2 heterocycles. The minimum absolute atomic E-state index is 0.170. The summed E-state index contributed by atoms with van der Waals surface area (Å²) in [7, 11) is 0. The first kappa shape index (κ1) is 14.2. The van der Waals surface area contributed by atoms with Gasteiger partial charge in [-0.3, -0.25) is 0 Å². The number of aliphatic imine (C=N–C) groups is 1. The van der Waals surface area contributed by atoms with Crippen LogP contribution in [0.2, 0.25) is 5.02 Å². The molecule has 1 atom stereocenters. The van der Waals surface area contributed by atoms with Gasteiger partial charge in [-0.1, -0.05) is 54.1 Å². The van der Waals surface area contributed by atoms with Crippen LogP contribution in [-0.2, 0) is 0 Å². The molecule has 1 aromatic heterocycles. The molecule has 1 aliphatic heterocycles. The van der Waals surface area contributed by atoms with Gasteiger partial charge in [-0.25, -0.2) is 9.67 Å². The zero-order chi connectivity index (χ0) is 15.8. The molecule has 1 aliphatic rings. The van der Waals surface area contributed by atoms with Crippen molar-refractivity contribution in [2.24, 2.45) is 4.99 Å². The van der Waals surface area contributed by atoms with Gasteiger partial charge in [0.2, 0.25) is 0 Å². The molecule has 0 amide bonds. The number of fused-ring (bicyclic) bond motifs is 1. The number of benzene rings is 2. The van der Waals surface area contributed by atoms with Crippen molar-refractivity contribution < 1.29 is 0 Å². The molecule has 114 valence electrons. The van der Waals surface area contributed by atoms with Gasteiger partial charge in [-0.05, 0) is 30.2 Å². The van der Waals surface area contributed by atoms with Crippen molar-refractivity contribution in [2.45, 2.75) is 19.4 Å². The van der Waals surface area contributed by atoms with Crippen LogP contribution in [0, 0.1) is 6.92 Å². The normalized spacial score (nSPS) is 16.8. The number of aromatic nitrogens is 2. The third-order valence-corrected chi connectivity index (χ3v) is 4.38. The minimum atomic E-state index is 0.170. The fourth-order valence-electron chi connectivity index (χ4n) is 3.03. The molecule has 3 nitrogen and oxygen atoms in total. The quantitative estimate of drug-likeness (QED) is 0.656. The van der Waals surface area contributed by atoms with Crippen LogP contribution in [-0.4, -0.2) is 15.5 Å². The van der Waals surface area contributed by atoms with E-state index in [2.05, 4.69) is 29.4 Å². The zero-order valence-electron chi connectivity index (χ0n) is 12.8. The van der Waals surface area contributed by atoms with Crippen LogP contribution in [0.5, 0.6) is 0 Å². The Bertz CT molecular complexity index is 863. The summed E-state index contributed by atoms with van der Waals surface area (Å²) in [5.74, 6) is 0.910. The van der Waals surface area contributed by atoms with E-state index in [0.29, 0.717) is 0 Å². The highest BCUT2D eigenvalue weighted by Crippen LogP contribution is 2.34. The van der Waals surface area contributed by atoms with E-state index in [1.807, 2.05) is 48.0 Å². The number of aryl methyl sites for hydroxylation is 1. The minimum Gasteiger partial charge on any atom is -0.240 e. The number of rotatable bonds is 2. The Balaban J connectivity index is 1.81. The summed E-state index contributed by atoms with van der Waals surface area (Å²) >= 11 is 6.01. The van der Waals surface area contributed by atoms with Crippen molar-refractivity contribution in [3.63, 3.8) is 0 Å². The van der Waals surface area contributed by atoms with Crippen LogP contribution in [0.3, 0.4) is 0 Å². The number of nitrogens with zero attached hydrogens (tertiary/aromatic N) is 3. The largest absolute Gasteiger partial charge is 0.240 e. The van der Waals surface area contributed by atoms with E-state index in [9.17, 15) is 0 Å². The smallest absolute Gasteiger partial charge is 0.151 e. The predicted octanol–water partition coefficient (Wildman–Crippen LogP) is 4.96. The highest BCUT2D eigenvalue weighted by Gasteiger charge is 2.25. The van der Waals surface area contributed by atoms with E-state index in [-0.39, 0.29) is 6.04 Å². The predicted molar refractivity (Wildman–Crippen MR) is 93.8 cm³/mol. The molecule has 0 saturated carbocycles. The summed E-state index contributed by atoms with van der Waals surface area (Å²) in [6.45, 7) is 2.00. The summed E-state index contributed by atoms with van der Waals surface area (Å²) in [6.07, 6.45) is 0.819. The van der Waals surface area contributed by atoms with Gasteiger partial charge in [0.1, 0.15) is 0 Å². The van der Waals surface area contributed by atoms with Gasteiger partial charge in [0.25, 0.3) is 0 Å². The molecule has 23 heavy (non-hydrogen) atoms. The molecular weight excluding hydrogens is 306 g/mol. The van der Waals surface area contributed by atoms with Crippen molar-refractivity contribution in [3.05, 3.63) is 82.5 Å². The third-order valence-electron chi connectivity index (χ3n) is 4.13. The first-order valence-corrected chi connectivity index (χ1v) is 8.03. The van der Waals surface area contributed by atoms with Crippen LogP contribution in [0.15, 0.2) is 65.7 Å². The van der Waals surface area contributed by atoms with Gasteiger partial charge in [-0.15, -0.1) is 0 Å². The molecule has 3 aromatic rings. The Morgan fingerprint density at radius 3 is 2.52 bits per heavy atom. The Morgan fingerprint density at radius 1 is 1.04 bits per heavy atom. The van der Waals surface area contributed by atoms with Crippen molar-refractivity contribution in [1.29, 1.82) is 0 Å². The first-order valence-electron chi connectivity index (χ1n) is 7.65. The molecule has 0 bridgehead atoms. The summed E-state index contributed by atoms with van der Waals surface area (Å²) in [5.41, 5.74) is 4.42. The van der Waals surface area contributed by atoms with E-state index < -0.39 is 0 Å². The Kier molecular flexibility index (Phi) is 3.50. The summed E-state index contributed by atoms with van der Waals surface area (Å²) in [4.78, 5) is 4.82. The van der Waals surface area contributed by atoms with Crippen LogP contribution < -0.4 is 0 Å². The van der Waals surface area contributed by atoms with Crippen molar-refractivity contribution in [2.75, 3.05) is 0 Å². The molecule has 0 fully saturated rings. The Hall–Kier alpha value is -2.39. The lowest BCUT2D eigenvalue weighted by Crippen LogP contribution is -2.21. The Labute approximate surface area is 140 Å². The maximum Gasteiger partial charge on any atom is 0.151 e.